The van der Waals surface area contributed by atoms with E-state index in [9.17, 15) is 4.79 Å². The lowest BCUT2D eigenvalue weighted by Crippen LogP contribution is -2.47. The first-order chi connectivity index (χ1) is 14.4. The highest BCUT2D eigenvalue weighted by molar-refractivity contribution is 7.80. The van der Waals surface area contributed by atoms with Crippen molar-refractivity contribution >= 4 is 46.4 Å². The van der Waals surface area contributed by atoms with Crippen LogP contribution in [0.4, 0.5) is 0 Å². The van der Waals surface area contributed by atoms with E-state index in [0.29, 0.717) is 33.2 Å². The molecule has 0 spiro atoms. The molecule has 1 heterocycles. The Morgan fingerprint density at radius 1 is 1.17 bits per heavy atom. The van der Waals surface area contributed by atoms with Gasteiger partial charge in [0.15, 0.2) is 10.9 Å². The summed E-state index contributed by atoms with van der Waals surface area (Å²) in [6, 6.07) is 8.14. The maximum Gasteiger partial charge on any atom is 0.305 e. The number of ether oxygens (including phenoxy) is 1. The number of nitrogens with zero attached hydrogens (tertiary/aromatic N) is 1. The van der Waals surface area contributed by atoms with Gasteiger partial charge in [-0.25, -0.2) is 0 Å². The molecule has 0 aliphatic rings. The zero-order chi connectivity index (χ0) is 21.9. The normalized spacial score (nSPS) is 10.7. The van der Waals surface area contributed by atoms with Gasteiger partial charge in [-0.15, -0.1) is 0 Å². The number of benzene rings is 1. The number of nitrogens with one attached hydrogen (secondary N) is 3. The zero-order valence-corrected chi connectivity index (χ0v) is 19.3. The summed E-state index contributed by atoms with van der Waals surface area (Å²) in [5.74, 6) is 0.636. The molecule has 1 aromatic heterocycles. The SMILES string of the molecule is CCN(CC)CCCNC(=S)NNC(=O)c1ccc(COc2ccc(Cl)cc2Cl)o1. The first-order valence-electron chi connectivity index (χ1n) is 9.66. The Balaban J connectivity index is 1.71. The third kappa shape index (κ3) is 8.02. The van der Waals surface area contributed by atoms with E-state index in [0.717, 1.165) is 26.1 Å². The maximum atomic E-state index is 12.2. The molecule has 0 atom stereocenters. The average Bonchev–Trinajstić information content (AvgIpc) is 3.20. The van der Waals surface area contributed by atoms with Crippen LogP contribution >= 0.6 is 35.4 Å². The maximum absolute atomic E-state index is 12.2. The van der Waals surface area contributed by atoms with Crippen molar-refractivity contribution in [3.8, 4) is 5.75 Å². The Morgan fingerprint density at radius 2 is 1.93 bits per heavy atom. The third-order valence-corrected chi connectivity index (χ3v) is 5.05. The zero-order valence-electron chi connectivity index (χ0n) is 17.0. The summed E-state index contributed by atoms with van der Waals surface area (Å²) in [6.45, 7) is 8.15. The number of carbonyl (C=O) groups excluding carboxylic acids is 1. The van der Waals surface area contributed by atoms with Gasteiger partial charge in [-0.2, -0.15) is 0 Å². The lowest BCUT2D eigenvalue weighted by atomic mass is 10.3. The molecule has 0 bridgehead atoms. The largest absolute Gasteiger partial charge is 0.484 e. The summed E-state index contributed by atoms with van der Waals surface area (Å²) in [4.78, 5) is 14.5. The van der Waals surface area contributed by atoms with Gasteiger partial charge in [0.1, 0.15) is 18.1 Å². The van der Waals surface area contributed by atoms with Crippen molar-refractivity contribution in [1.82, 2.24) is 21.1 Å². The van der Waals surface area contributed by atoms with E-state index in [2.05, 4.69) is 34.9 Å². The Kier molecular flexibility index (Phi) is 10.2. The van der Waals surface area contributed by atoms with Crippen LogP contribution in [-0.4, -0.2) is 42.1 Å². The van der Waals surface area contributed by atoms with Crippen LogP contribution in [0.2, 0.25) is 10.0 Å². The second kappa shape index (κ2) is 12.6. The Bertz CT molecular complexity index is 843. The Labute approximate surface area is 192 Å². The third-order valence-electron chi connectivity index (χ3n) is 4.27. The molecule has 0 aliphatic heterocycles. The van der Waals surface area contributed by atoms with Gasteiger partial charge in [0.05, 0.1) is 5.02 Å². The minimum Gasteiger partial charge on any atom is -0.484 e. The number of amides is 1. The van der Waals surface area contributed by atoms with Crippen molar-refractivity contribution in [3.05, 3.63) is 51.9 Å². The van der Waals surface area contributed by atoms with Crippen LogP contribution in [0.25, 0.3) is 0 Å². The van der Waals surface area contributed by atoms with E-state index in [-0.39, 0.29) is 12.4 Å². The molecule has 1 aromatic carbocycles. The molecule has 0 saturated carbocycles. The highest BCUT2D eigenvalue weighted by Crippen LogP contribution is 2.28. The van der Waals surface area contributed by atoms with Crippen molar-refractivity contribution in [2.45, 2.75) is 26.9 Å². The Morgan fingerprint density at radius 3 is 2.63 bits per heavy atom. The van der Waals surface area contributed by atoms with Crippen molar-refractivity contribution in [1.29, 1.82) is 0 Å². The highest BCUT2D eigenvalue weighted by Gasteiger charge is 2.12. The van der Waals surface area contributed by atoms with Gasteiger partial charge in [0.2, 0.25) is 0 Å². The molecular weight excluding hydrogens is 447 g/mol. The number of hydrazine groups is 1. The first-order valence-corrected chi connectivity index (χ1v) is 10.8. The van der Waals surface area contributed by atoms with Gasteiger partial charge in [0, 0.05) is 11.6 Å². The molecule has 3 N–H and O–H groups in total. The first kappa shape index (κ1) is 24.3. The molecule has 2 rings (SSSR count). The molecule has 0 radical (unpaired) electrons. The highest BCUT2D eigenvalue weighted by atomic mass is 35.5. The lowest BCUT2D eigenvalue weighted by molar-refractivity contribution is 0.0911. The van der Waals surface area contributed by atoms with Crippen LogP contribution in [0.3, 0.4) is 0 Å². The van der Waals surface area contributed by atoms with Gasteiger partial charge < -0.3 is 19.4 Å². The molecule has 0 saturated heterocycles. The molecular formula is C20H26Cl2N4O3S. The summed E-state index contributed by atoms with van der Waals surface area (Å²) in [7, 11) is 0. The molecule has 30 heavy (non-hydrogen) atoms. The average molecular weight is 473 g/mol. The fourth-order valence-corrected chi connectivity index (χ4v) is 3.20. The van der Waals surface area contributed by atoms with Crippen molar-refractivity contribution < 1.29 is 13.9 Å². The summed E-state index contributed by atoms with van der Waals surface area (Å²) < 4.78 is 11.1. The van der Waals surface area contributed by atoms with Crippen LogP contribution in [0, 0.1) is 0 Å². The predicted octanol–water partition coefficient (Wildman–Crippen LogP) is 4.01. The van der Waals surface area contributed by atoms with E-state index in [1.807, 2.05) is 0 Å². The van der Waals surface area contributed by atoms with E-state index in [1.54, 1.807) is 30.3 Å². The summed E-state index contributed by atoms with van der Waals surface area (Å²) in [6.07, 6.45) is 0.955. The Hall–Kier alpha value is -2.00. The van der Waals surface area contributed by atoms with E-state index >= 15 is 0 Å². The smallest absolute Gasteiger partial charge is 0.305 e. The van der Waals surface area contributed by atoms with Gasteiger partial charge in [-0.3, -0.25) is 15.6 Å². The second-order valence-corrected chi connectivity index (χ2v) is 7.60. The van der Waals surface area contributed by atoms with Crippen molar-refractivity contribution in [3.63, 3.8) is 0 Å². The quantitative estimate of drug-likeness (QED) is 0.274. The van der Waals surface area contributed by atoms with Crippen molar-refractivity contribution in [2.24, 2.45) is 0 Å². The van der Waals surface area contributed by atoms with Gasteiger partial charge in [0.25, 0.3) is 0 Å². The number of thiocarbonyl (C=S) groups is 1. The number of hydrogen-bond donors (Lipinski definition) is 3. The molecule has 10 heteroatoms. The fraction of sp³-hybridized carbons (Fsp3) is 0.400. The molecule has 1 amide bonds. The summed E-state index contributed by atoms with van der Waals surface area (Å²) in [5, 5.41) is 4.31. The minimum absolute atomic E-state index is 0.120. The molecule has 2 aromatic rings. The lowest BCUT2D eigenvalue weighted by Gasteiger charge is -2.18. The number of halogens is 2. The topological polar surface area (TPSA) is 78.8 Å². The number of carbonyl (C=O) groups is 1. The standard InChI is InChI=1S/C20H26Cl2N4O3S/c1-3-26(4-2)11-5-10-23-20(30)25-24-19(27)18-9-7-15(29-18)13-28-17-8-6-14(21)12-16(17)22/h6-9,12H,3-5,10-11,13H2,1-2H3,(H,24,27)(H2,23,25,30). The predicted molar refractivity (Wildman–Crippen MR) is 123 cm³/mol. The van der Waals surface area contributed by atoms with Crippen LogP contribution in [0.5, 0.6) is 5.75 Å². The molecule has 0 fully saturated rings. The van der Waals surface area contributed by atoms with Gasteiger partial charge in [-0.05, 0) is 68.6 Å². The molecule has 7 nitrogen and oxygen atoms in total. The fourth-order valence-electron chi connectivity index (χ4n) is 2.58. The molecule has 164 valence electrons. The number of hydrogen-bond acceptors (Lipinski definition) is 5. The van der Waals surface area contributed by atoms with E-state index in [1.165, 1.54) is 0 Å². The number of furan rings is 1. The van der Waals surface area contributed by atoms with Gasteiger partial charge in [-0.1, -0.05) is 37.0 Å². The van der Waals surface area contributed by atoms with Crippen LogP contribution in [0.15, 0.2) is 34.7 Å². The minimum atomic E-state index is -0.446. The van der Waals surface area contributed by atoms with E-state index < -0.39 is 5.91 Å². The van der Waals surface area contributed by atoms with Crippen LogP contribution < -0.4 is 20.9 Å². The summed E-state index contributed by atoms with van der Waals surface area (Å²) >= 11 is 17.1. The van der Waals surface area contributed by atoms with Crippen LogP contribution in [0.1, 0.15) is 36.6 Å². The van der Waals surface area contributed by atoms with E-state index in [4.69, 9.17) is 44.6 Å². The molecule has 0 aliphatic carbocycles. The second-order valence-electron chi connectivity index (χ2n) is 6.34. The van der Waals surface area contributed by atoms with Crippen LogP contribution in [-0.2, 0) is 6.61 Å². The van der Waals surface area contributed by atoms with Crippen molar-refractivity contribution in [2.75, 3.05) is 26.2 Å². The van der Waals surface area contributed by atoms with Gasteiger partial charge >= 0.3 is 5.91 Å². The molecule has 0 unspecified atom stereocenters. The summed E-state index contributed by atoms with van der Waals surface area (Å²) in [5.41, 5.74) is 5.16. The number of rotatable bonds is 10. The monoisotopic (exact) mass is 472 g/mol.